The first kappa shape index (κ1) is 21.8. The van der Waals surface area contributed by atoms with E-state index in [0.29, 0.717) is 5.82 Å². The Morgan fingerprint density at radius 1 is 1.06 bits per heavy atom. The number of nitrogens with one attached hydrogen (secondary N) is 1. The van der Waals surface area contributed by atoms with Crippen molar-refractivity contribution in [3.8, 4) is 15.8 Å². The van der Waals surface area contributed by atoms with Gasteiger partial charge >= 0.3 is 5.97 Å². The van der Waals surface area contributed by atoms with E-state index >= 15 is 0 Å². The van der Waals surface area contributed by atoms with Crippen molar-refractivity contribution in [2.24, 2.45) is 0 Å². The van der Waals surface area contributed by atoms with Crippen molar-refractivity contribution in [2.75, 3.05) is 12.4 Å². The standard InChI is InChI=1S/C25H25N3O3S/c1-4-6-19-20(5-2)27-24(21-11-12-22(31-3)32-21)28-23(19)26-18-10-9-15-13-17(25(29)30)8-7-16(15)14-18/h7-14H,4-6H2,1-3H3,(H,29,30)(H,26,27,28). The van der Waals surface area contributed by atoms with Gasteiger partial charge in [-0.05, 0) is 60.0 Å². The molecule has 2 N–H and O–H groups in total. The minimum absolute atomic E-state index is 0.280. The number of carbonyl (C=O) groups is 1. The lowest BCUT2D eigenvalue weighted by molar-refractivity contribution is 0.0697. The van der Waals surface area contributed by atoms with Crippen LogP contribution in [0.3, 0.4) is 0 Å². The number of aromatic carboxylic acids is 1. The van der Waals surface area contributed by atoms with E-state index in [2.05, 4.69) is 19.2 Å². The first-order valence-electron chi connectivity index (χ1n) is 10.6. The largest absolute Gasteiger partial charge is 0.487 e. The van der Waals surface area contributed by atoms with E-state index in [1.807, 2.05) is 36.4 Å². The zero-order valence-corrected chi connectivity index (χ0v) is 19.1. The number of ether oxygens (including phenoxy) is 1. The van der Waals surface area contributed by atoms with E-state index in [-0.39, 0.29) is 5.56 Å². The maximum absolute atomic E-state index is 11.2. The maximum Gasteiger partial charge on any atom is 0.335 e. The van der Waals surface area contributed by atoms with Gasteiger partial charge in [0.25, 0.3) is 0 Å². The zero-order chi connectivity index (χ0) is 22.7. The number of benzene rings is 2. The van der Waals surface area contributed by atoms with E-state index < -0.39 is 5.97 Å². The quantitative estimate of drug-likeness (QED) is 0.329. The smallest absolute Gasteiger partial charge is 0.335 e. The van der Waals surface area contributed by atoms with E-state index in [9.17, 15) is 9.90 Å². The summed E-state index contributed by atoms with van der Waals surface area (Å²) < 4.78 is 5.34. The van der Waals surface area contributed by atoms with Crippen LogP contribution >= 0.6 is 11.3 Å². The molecule has 0 saturated heterocycles. The van der Waals surface area contributed by atoms with Gasteiger partial charge < -0.3 is 15.2 Å². The molecule has 6 nitrogen and oxygen atoms in total. The number of aryl methyl sites for hydroxylation is 1. The molecule has 32 heavy (non-hydrogen) atoms. The number of hydrogen-bond acceptors (Lipinski definition) is 6. The molecule has 164 valence electrons. The summed E-state index contributed by atoms with van der Waals surface area (Å²) >= 11 is 1.52. The molecule has 0 unspecified atom stereocenters. The average molecular weight is 448 g/mol. The minimum Gasteiger partial charge on any atom is -0.487 e. The van der Waals surface area contributed by atoms with E-state index in [1.54, 1.807) is 19.2 Å². The second-order valence-corrected chi connectivity index (χ2v) is 8.50. The fraction of sp³-hybridized carbons (Fsp3) is 0.240. The van der Waals surface area contributed by atoms with Gasteiger partial charge in [0, 0.05) is 16.9 Å². The summed E-state index contributed by atoms with van der Waals surface area (Å²) in [6.07, 6.45) is 2.69. The molecular formula is C25H25N3O3S. The highest BCUT2D eigenvalue weighted by Crippen LogP contribution is 2.34. The molecule has 2 aromatic heterocycles. The second kappa shape index (κ2) is 9.36. The Kier molecular flexibility index (Phi) is 6.37. The molecule has 0 bridgehead atoms. The molecule has 0 radical (unpaired) electrons. The molecule has 0 atom stereocenters. The number of thiophene rings is 1. The van der Waals surface area contributed by atoms with Gasteiger partial charge in [0.1, 0.15) is 5.82 Å². The number of nitrogens with zero attached hydrogens (tertiary/aromatic N) is 2. The van der Waals surface area contributed by atoms with Gasteiger partial charge in [-0.2, -0.15) is 0 Å². The molecule has 0 aliphatic rings. The fourth-order valence-electron chi connectivity index (χ4n) is 3.69. The Balaban J connectivity index is 1.76. The third kappa shape index (κ3) is 4.43. The third-order valence-corrected chi connectivity index (χ3v) is 6.32. The second-order valence-electron chi connectivity index (χ2n) is 7.45. The summed E-state index contributed by atoms with van der Waals surface area (Å²) in [5.74, 6) is 0.566. The van der Waals surface area contributed by atoms with Crippen LogP contribution in [0.2, 0.25) is 0 Å². The molecule has 7 heteroatoms. The molecule has 2 heterocycles. The lowest BCUT2D eigenvalue weighted by Gasteiger charge is -2.16. The summed E-state index contributed by atoms with van der Waals surface area (Å²) in [6.45, 7) is 4.26. The van der Waals surface area contributed by atoms with Crippen LogP contribution in [0.1, 0.15) is 41.9 Å². The highest BCUT2D eigenvalue weighted by molar-refractivity contribution is 7.17. The molecule has 0 fully saturated rings. The first-order valence-corrected chi connectivity index (χ1v) is 11.4. The number of fused-ring (bicyclic) bond motifs is 1. The minimum atomic E-state index is -0.927. The van der Waals surface area contributed by atoms with Gasteiger partial charge in [-0.15, -0.1) is 0 Å². The highest BCUT2D eigenvalue weighted by Gasteiger charge is 2.16. The molecule has 2 aromatic carbocycles. The predicted octanol–water partition coefficient (Wildman–Crippen LogP) is 6.32. The molecule has 0 aliphatic heterocycles. The van der Waals surface area contributed by atoms with Gasteiger partial charge in [0.05, 0.1) is 17.6 Å². The van der Waals surface area contributed by atoms with Gasteiger partial charge in [-0.1, -0.05) is 43.7 Å². The monoisotopic (exact) mass is 447 g/mol. The summed E-state index contributed by atoms with van der Waals surface area (Å²) in [6, 6.07) is 14.9. The third-order valence-electron chi connectivity index (χ3n) is 5.28. The Morgan fingerprint density at radius 3 is 2.53 bits per heavy atom. The van der Waals surface area contributed by atoms with Crippen molar-refractivity contribution in [1.29, 1.82) is 0 Å². The normalized spacial score (nSPS) is 11.0. The van der Waals surface area contributed by atoms with Gasteiger partial charge in [0.2, 0.25) is 0 Å². The lowest BCUT2D eigenvalue weighted by Crippen LogP contribution is -2.07. The molecule has 0 saturated carbocycles. The van der Waals surface area contributed by atoms with Crippen LogP contribution in [0.4, 0.5) is 11.5 Å². The summed E-state index contributed by atoms with van der Waals surface area (Å²) in [5.41, 5.74) is 3.35. The summed E-state index contributed by atoms with van der Waals surface area (Å²) in [4.78, 5) is 21.9. The summed E-state index contributed by atoms with van der Waals surface area (Å²) in [5, 5.41) is 15.4. The molecule has 4 rings (SSSR count). The Morgan fingerprint density at radius 2 is 1.84 bits per heavy atom. The predicted molar refractivity (Wildman–Crippen MR) is 129 cm³/mol. The Bertz CT molecular complexity index is 1280. The van der Waals surface area contributed by atoms with Crippen LogP contribution in [0.15, 0.2) is 48.5 Å². The van der Waals surface area contributed by atoms with Gasteiger partial charge in [0.15, 0.2) is 10.9 Å². The van der Waals surface area contributed by atoms with E-state index in [0.717, 1.165) is 62.7 Å². The highest BCUT2D eigenvalue weighted by atomic mass is 32.1. The average Bonchev–Trinajstić information content (AvgIpc) is 3.29. The van der Waals surface area contributed by atoms with Crippen LogP contribution in [0, 0.1) is 0 Å². The fourth-order valence-corrected chi connectivity index (χ4v) is 4.45. The SMILES string of the molecule is CCCc1c(CC)nc(-c2ccc(OC)s2)nc1Nc1ccc2cc(C(=O)O)ccc2c1. The van der Waals surface area contributed by atoms with Crippen LogP contribution in [0.25, 0.3) is 21.5 Å². The van der Waals surface area contributed by atoms with E-state index in [1.165, 1.54) is 11.3 Å². The number of aromatic nitrogens is 2. The number of methoxy groups -OCH3 is 1. The molecular weight excluding hydrogens is 422 g/mol. The Labute approximate surface area is 190 Å². The van der Waals surface area contributed by atoms with E-state index in [4.69, 9.17) is 14.7 Å². The van der Waals surface area contributed by atoms with Crippen molar-refractivity contribution < 1.29 is 14.6 Å². The molecule has 0 aliphatic carbocycles. The number of carboxylic acids is 1. The van der Waals surface area contributed by atoms with Crippen molar-refractivity contribution in [3.05, 3.63) is 65.4 Å². The van der Waals surface area contributed by atoms with Crippen molar-refractivity contribution in [3.63, 3.8) is 0 Å². The van der Waals surface area contributed by atoms with Crippen LogP contribution in [-0.4, -0.2) is 28.2 Å². The lowest BCUT2D eigenvalue weighted by atomic mass is 10.1. The first-order chi connectivity index (χ1) is 15.5. The summed E-state index contributed by atoms with van der Waals surface area (Å²) in [7, 11) is 1.66. The van der Waals surface area contributed by atoms with Gasteiger partial charge in [-0.3, -0.25) is 0 Å². The molecule has 4 aromatic rings. The molecule has 0 amide bonds. The number of anilines is 2. The van der Waals surface area contributed by atoms with Crippen molar-refractivity contribution in [2.45, 2.75) is 33.1 Å². The number of hydrogen-bond donors (Lipinski definition) is 2. The Hall–Kier alpha value is -3.45. The van der Waals surface area contributed by atoms with Crippen LogP contribution in [-0.2, 0) is 12.8 Å². The maximum atomic E-state index is 11.2. The number of rotatable bonds is 8. The zero-order valence-electron chi connectivity index (χ0n) is 18.3. The molecule has 0 spiro atoms. The van der Waals surface area contributed by atoms with Crippen LogP contribution < -0.4 is 10.1 Å². The van der Waals surface area contributed by atoms with Gasteiger partial charge in [-0.25, -0.2) is 14.8 Å². The van der Waals surface area contributed by atoms with Crippen molar-refractivity contribution >= 4 is 39.6 Å². The van der Waals surface area contributed by atoms with Crippen LogP contribution in [0.5, 0.6) is 5.06 Å². The topological polar surface area (TPSA) is 84.3 Å². The van der Waals surface area contributed by atoms with Crippen molar-refractivity contribution in [1.82, 2.24) is 9.97 Å². The number of carboxylic acid groups (broad SMARTS) is 1.